The van der Waals surface area contributed by atoms with E-state index in [-0.39, 0.29) is 5.97 Å². The molecule has 0 aliphatic heterocycles. The highest BCUT2D eigenvalue weighted by molar-refractivity contribution is 9.10. The molecular formula is C14H20BrNO4. The fourth-order valence-electron chi connectivity index (χ4n) is 1.88. The van der Waals surface area contributed by atoms with Crippen LogP contribution in [0.25, 0.3) is 0 Å². The van der Waals surface area contributed by atoms with Crippen molar-refractivity contribution in [1.82, 2.24) is 0 Å². The Kier molecular flexibility index (Phi) is 5.42. The van der Waals surface area contributed by atoms with Crippen molar-refractivity contribution in [1.29, 1.82) is 0 Å². The van der Waals surface area contributed by atoms with Crippen molar-refractivity contribution in [2.45, 2.75) is 19.9 Å². The lowest BCUT2D eigenvalue weighted by Crippen LogP contribution is -2.37. The van der Waals surface area contributed by atoms with Gasteiger partial charge in [0.25, 0.3) is 0 Å². The first kappa shape index (κ1) is 16.8. The van der Waals surface area contributed by atoms with Gasteiger partial charge in [-0.3, -0.25) is 4.79 Å². The summed E-state index contributed by atoms with van der Waals surface area (Å²) >= 11 is 3.40. The maximum Gasteiger partial charge on any atom is 0.313 e. The molecule has 0 saturated carbocycles. The predicted octanol–water partition coefficient (Wildman–Crippen LogP) is 2.67. The SMILES string of the molecule is COC(=O)C(C)(C)[C@H](N)c1cc(OC)c(Br)c(OC)c1. The van der Waals surface area contributed by atoms with Crippen molar-refractivity contribution >= 4 is 21.9 Å². The Hall–Kier alpha value is -1.27. The van der Waals surface area contributed by atoms with Gasteiger partial charge in [0.15, 0.2) is 0 Å². The summed E-state index contributed by atoms with van der Waals surface area (Å²) in [5, 5.41) is 0. The second-order valence-electron chi connectivity index (χ2n) is 4.93. The van der Waals surface area contributed by atoms with Gasteiger partial charge in [-0.25, -0.2) is 0 Å². The highest BCUT2D eigenvalue weighted by Gasteiger charge is 2.37. The number of nitrogens with two attached hydrogens (primary N) is 1. The number of rotatable bonds is 5. The molecular weight excluding hydrogens is 326 g/mol. The van der Waals surface area contributed by atoms with Crippen molar-refractivity contribution in [3.05, 3.63) is 22.2 Å². The summed E-state index contributed by atoms with van der Waals surface area (Å²) in [6.07, 6.45) is 0. The number of hydrogen-bond donors (Lipinski definition) is 1. The summed E-state index contributed by atoms with van der Waals surface area (Å²) in [7, 11) is 4.46. The van der Waals surface area contributed by atoms with Crippen LogP contribution in [0.2, 0.25) is 0 Å². The molecule has 0 aromatic heterocycles. The van der Waals surface area contributed by atoms with E-state index in [0.717, 1.165) is 5.56 Å². The molecule has 2 N–H and O–H groups in total. The lowest BCUT2D eigenvalue weighted by atomic mass is 9.81. The molecule has 20 heavy (non-hydrogen) atoms. The normalized spacial score (nSPS) is 12.8. The van der Waals surface area contributed by atoms with Crippen LogP contribution in [0.3, 0.4) is 0 Å². The van der Waals surface area contributed by atoms with Crippen LogP contribution in [0.5, 0.6) is 11.5 Å². The monoisotopic (exact) mass is 345 g/mol. The van der Waals surface area contributed by atoms with Crippen molar-refractivity contribution in [3.63, 3.8) is 0 Å². The first-order chi connectivity index (χ1) is 9.29. The van der Waals surface area contributed by atoms with E-state index in [1.807, 2.05) is 0 Å². The summed E-state index contributed by atoms with van der Waals surface area (Å²) in [5.74, 6) is 0.816. The highest BCUT2D eigenvalue weighted by Crippen LogP contribution is 2.40. The van der Waals surface area contributed by atoms with Crippen molar-refractivity contribution in [3.8, 4) is 11.5 Å². The van der Waals surface area contributed by atoms with Crippen LogP contribution in [-0.2, 0) is 9.53 Å². The second-order valence-corrected chi connectivity index (χ2v) is 5.72. The molecule has 1 atom stereocenters. The molecule has 0 radical (unpaired) electrons. The second kappa shape index (κ2) is 6.45. The molecule has 0 fully saturated rings. The van der Waals surface area contributed by atoms with E-state index >= 15 is 0 Å². The maximum absolute atomic E-state index is 11.9. The van der Waals surface area contributed by atoms with E-state index in [1.54, 1.807) is 40.2 Å². The van der Waals surface area contributed by atoms with Crippen LogP contribution < -0.4 is 15.2 Å². The van der Waals surface area contributed by atoms with Crippen molar-refractivity contribution in [2.24, 2.45) is 11.1 Å². The summed E-state index contributed by atoms with van der Waals surface area (Å²) < 4.78 is 16.1. The van der Waals surface area contributed by atoms with Gasteiger partial charge in [0.05, 0.1) is 26.7 Å². The molecule has 0 aliphatic rings. The van der Waals surface area contributed by atoms with Crippen LogP contribution in [0.4, 0.5) is 0 Å². The Balaban J connectivity index is 3.29. The topological polar surface area (TPSA) is 70.8 Å². The molecule has 0 aliphatic carbocycles. The third kappa shape index (κ3) is 3.07. The average molecular weight is 346 g/mol. The van der Waals surface area contributed by atoms with Gasteiger partial charge in [0, 0.05) is 6.04 Å². The molecule has 112 valence electrons. The fraction of sp³-hybridized carbons (Fsp3) is 0.500. The predicted molar refractivity (Wildman–Crippen MR) is 80.0 cm³/mol. The number of esters is 1. The molecule has 6 heteroatoms. The average Bonchev–Trinajstić information content (AvgIpc) is 2.45. The number of ether oxygens (including phenoxy) is 3. The zero-order valence-corrected chi connectivity index (χ0v) is 13.9. The molecule has 0 spiro atoms. The maximum atomic E-state index is 11.9. The van der Waals surface area contributed by atoms with Gasteiger partial charge in [-0.1, -0.05) is 0 Å². The Labute approximate surface area is 127 Å². The minimum Gasteiger partial charge on any atom is -0.495 e. The van der Waals surface area contributed by atoms with Crippen LogP contribution >= 0.6 is 15.9 Å². The van der Waals surface area contributed by atoms with Gasteiger partial charge in [-0.2, -0.15) is 0 Å². The van der Waals surface area contributed by atoms with Crippen molar-refractivity contribution in [2.75, 3.05) is 21.3 Å². The first-order valence-corrected chi connectivity index (χ1v) is 6.84. The summed E-state index contributed by atoms with van der Waals surface area (Å²) in [4.78, 5) is 11.9. The quantitative estimate of drug-likeness (QED) is 0.830. The Morgan fingerprint density at radius 3 is 2.00 bits per heavy atom. The van der Waals surface area contributed by atoms with E-state index in [2.05, 4.69) is 15.9 Å². The minimum absolute atomic E-state index is 0.370. The van der Waals surface area contributed by atoms with Crippen LogP contribution in [-0.4, -0.2) is 27.3 Å². The Morgan fingerprint density at radius 1 is 1.20 bits per heavy atom. The highest BCUT2D eigenvalue weighted by atomic mass is 79.9. The molecule has 0 heterocycles. The van der Waals surface area contributed by atoms with Crippen LogP contribution in [0, 0.1) is 5.41 Å². The molecule has 0 unspecified atom stereocenters. The number of benzene rings is 1. The fourth-order valence-corrected chi connectivity index (χ4v) is 2.43. The largest absolute Gasteiger partial charge is 0.495 e. The molecule has 0 bridgehead atoms. The number of carbonyl (C=O) groups excluding carboxylic acids is 1. The Bertz CT molecular complexity index is 477. The van der Waals surface area contributed by atoms with E-state index in [1.165, 1.54) is 7.11 Å². The summed E-state index contributed by atoms with van der Waals surface area (Å²) in [5.41, 5.74) is 6.09. The van der Waals surface area contributed by atoms with E-state index in [9.17, 15) is 4.79 Å². The zero-order chi connectivity index (χ0) is 15.5. The minimum atomic E-state index is -0.862. The van der Waals surface area contributed by atoms with E-state index in [4.69, 9.17) is 19.9 Å². The molecule has 0 saturated heterocycles. The third-order valence-electron chi connectivity index (χ3n) is 3.32. The van der Waals surface area contributed by atoms with Gasteiger partial charge < -0.3 is 19.9 Å². The summed E-state index contributed by atoms with van der Waals surface area (Å²) in [6.45, 7) is 3.48. The molecule has 1 aromatic carbocycles. The van der Waals surface area contributed by atoms with Crippen LogP contribution in [0.15, 0.2) is 16.6 Å². The molecule has 5 nitrogen and oxygen atoms in total. The van der Waals surface area contributed by atoms with E-state index < -0.39 is 11.5 Å². The lowest BCUT2D eigenvalue weighted by Gasteiger charge is -2.29. The number of halogens is 1. The Morgan fingerprint density at radius 2 is 1.65 bits per heavy atom. The van der Waals surface area contributed by atoms with E-state index in [0.29, 0.717) is 16.0 Å². The number of methoxy groups -OCH3 is 3. The summed E-state index contributed by atoms with van der Waals surface area (Å²) in [6, 6.07) is 3.01. The van der Waals surface area contributed by atoms with Crippen molar-refractivity contribution < 1.29 is 19.0 Å². The van der Waals surface area contributed by atoms with Gasteiger partial charge in [0.2, 0.25) is 0 Å². The van der Waals surface area contributed by atoms with Gasteiger partial charge in [-0.15, -0.1) is 0 Å². The smallest absolute Gasteiger partial charge is 0.313 e. The first-order valence-electron chi connectivity index (χ1n) is 6.05. The zero-order valence-electron chi connectivity index (χ0n) is 12.3. The van der Waals surface area contributed by atoms with Gasteiger partial charge in [0.1, 0.15) is 16.0 Å². The van der Waals surface area contributed by atoms with Gasteiger partial charge in [-0.05, 0) is 47.5 Å². The lowest BCUT2D eigenvalue weighted by molar-refractivity contribution is -0.152. The van der Waals surface area contributed by atoms with Crippen LogP contribution in [0.1, 0.15) is 25.5 Å². The van der Waals surface area contributed by atoms with Gasteiger partial charge >= 0.3 is 5.97 Å². The third-order valence-corrected chi connectivity index (χ3v) is 4.10. The number of carbonyl (C=O) groups is 1. The number of hydrogen-bond acceptors (Lipinski definition) is 5. The molecule has 0 amide bonds. The molecule has 1 aromatic rings. The molecule has 1 rings (SSSR count). The standard InChI is InChI=1S/C14H20BrNO4/c1-14(2,13(17)20-5)12(16)8-6-9(18-3)11(15)10(7-8)19-4/h6-7,12H,16H2,1-5H3/t12-/m1/s1.